The number of sulfonamides is 1. The van der Waals surface area contributed by atoms with E-state index in [1.54, 1.807) is 25.1 Å². The summed E-state index contributed by atoms with van der Waals surface area (Å²) in [7, 11) is -0.313. The van der Waals surface area contributed by atoms with E-state index in [1.165, 1.54) is 6.07 Å². The third kappa shape index (κ3) is 2.41. The predicted octanol–water partition coefficient (Wildman–Crippen LogP) is 3.27. The minimum Gasteiger partial charge on any atom is -0.435 e. The largest absolute Gasteiger partial charge is 0.529 e. The third-order valence-corrected chi connectivity index (χ3v) is 7.66. The number of rotatable bonds is 3. The Hall–Kier alpha value is -2.12. The van der Waals surface area contributed by atoms with Crippen LogP contribution in [0.15, 0.2) is 41.3 Å². The maximum Gasteiger partial charge on any atom is 0.529 e. The SMILES string of the molecule is C[C@@H]1CCC[N+]1(C(=O)O)S(=O)(=O)c1cccc2c(N(C)C)cccc12. The Morgan fingerprint density at radius 2 is 1.80 bits per heavy atom. The number of nitrogens with zero attached hydrogens (tertiary/aromatic N) is 2. The fourth-order valence-corrected chi connectivity index (χ4v) is 6.06. The van der Waals surface area contributed by atoms with Crippen molar-refractivity contribution < 1.29 is 22.2 Å². The van der Waals surface area contributed by atoms with Gasteiger partial charge in [-0.3, -0.25) is 0 Å². The van der Waals surface area contributed by atoms with Crippen LogP contribution in [-0.4, -0.2) is 50.2 Å². The molecule has 1 heterocycles. The molecule has 0 radical (unpaired) electrons. The van der Waals surface area contributed by atoms with E-state index in [-0.39, 0.29) is 11.4 Å². The monoisotopic (exact) mass is 363 g/mol. The van der Waals surface area contributed by atoms with Crippen LogP contribution >= 0.6 is 0 Å². The number of carbonyl (C=O) groups is 1. The molecule has 1 unspecified atom stereocenters. The van der Waals surface area contributed by atoms with Gasteiger partial charge in [-0.2, -0.15) is 13.2 Å². The minimum absolute atomic E-state index is 0.0878. The zero-order valence-corrected chi connectivity index (χ0v) is 15.5. The summed E-state index contributed by atoms with van der Waals surface area (Å²) in [5.74, 6) is 0. The highest BCUT2D eigenvalue weighted by Gasteiger charge is 2.57. The van der Waals surface area contributed by atoms with Crippen molar-refractivity contribution in [2.24, 2.45) is 0 Å². The second kappa shape index (κ2) is 6.00. The van der Waals surface area contributed by atoms with Gasteiger partial charge in [0.05, 0.1) is 0 Å². The van der Waals surface area contributed by atoms with E-state index in [0.29, 0.717) is 18.2 Å². The zero-order chi connectivity index (χ0) is 18.4. The van der Waals surface area contributed by atoms with Gasteiger partial charge >= 0.3 is 16.1 Å². The molecule has 1 amide bonds. The van der Waals surface area contributed by atoms with E-state index in [9.17, 15) is 18.3 Å². The first kappa shape index (κ1) is 17.7. The molecule has 0 aromatic heterocycles. The summed E-state index contributed by atoms with van der Waals surface area (Å²) in [4.78, 5) is 14.1. The first-order valence-electron chi connectivity index (χ1n) is 8.29. The molecule has 0 bridgehead atoms. The van der Waals surface area contributed by atoms with Crippen molar-refractivity contribution in [3.8, 4) is 0 Å². The van der Waals surface area contributed by atoms with Crippen molar-refractivity contribution in [1.29, 1.82) is 0 Å². The molecule has 25 heavy (non-hydrogen) atoms. The van der Waals surface area contributed by atoms with Gasteiger partial charge in [-0.15, -0.1) is 3.89 Å². The first-order valence-corrected chi connectivity index (χ1v) is 9.73. The fraction of sp³-hybridized carbons (Fsp3) is 0.389. The molecule has 1 fully saturated rings. The van der Waals surface area contributed by atoms with Gasteiger partial charge in [-0.1, -0.05) is 24.3 Å². The number of anilines is 1. The standard InChI is InChI=1S/C18H22N2O4S/c1-13-7-6-12-20(13,18(21)22)25(23,24)17-11-5-8-14-15(17)9-4-10-16(14)19(2)3/h4-5,8-11,13H,6-7,12H2,1-3H3/p+1/t13-,20?/m1/s1. The molecule has 0 aliphatic carbocycles. The van der Waals surface area contributed by atoms with Gasteiger partial charge in [-0.05, 0) is 19.1 Å². The second-order valence-electron chi connectivity index (χ2n) is 6.79. The number of amides is 1. The zero-order valence-electron chi connectivity index (χ0n) is 14.6. The summed E-state index contributed by atoms with van der Waals surface area (Å²) in [6, 6.07) is 10.0. The predicted molar refractivity (Wildman–Crippen MR) is 97.3 cm³/mol. The van der Waals surface area contributed by atoms with Crippen LogP contribution in [0.25, 0.3) is 10.8 Å². The van der Waals surface area contributed by atoms with E-state index in [4.69, 9.17) is 0 Å². The Morgan fingerprint density at radius 3 is 2.36 bits per heavy atom. The Balaban J connectivity index is 2.32. The van der Waals surface area contributed by atoms with Crippen molar-refractivity contribution >= 4 is 32.6 Å². The van der Waals surface area contributed by atoms with Gasteiger partial charge in [0.25, 0.3) is 0 Å². The summed E-state index contributed by atoms with van der Waals surface area (Å²) < 4.78 is 26.0. The summed E-state index contributed by atoms with van der Waals surface area (Å²) >= 11 is 0. The molecular formula is C18H23N2O4S+. The van der Waals surface area contributed by atoms with E-state index in [1.807, 2.05) is 31.1 Å². The van der Waals surface area contributed by atoms with Crippen molar-refractivity contribution in [2.45, 2.75) is 30.7 Å². The highest BCUT2D eigenvalue weighted by Crippen LogP contribution is 2.39. The number of quaternary nitrogens is 1. The molecule has 134 valence electrons. The van der Waals surface area contributed by atoms with Crippen molar-refractivity contribution in [3.63, 3.8) is 0 Å². The molecule has 3 rings (SSSR count). The Morgan fingerprint density at radius 1 is 1.16 bits per heavy atom. The Labute approximate surface area is 147 Å². The molecule has 1 aliphatic rings. The summed E-state index contributed by atoms with van der Waals surface area (Å²) in [6.07, 6.45) is -0.134. The lowest BCUT2D eigenvalue weighted by molar-refractivity contribution is -0.741. The smallest absolute Gasteiger partial charge is 0.435 e. The lowest BCUT2D eigenvalue weighted by atomic mass is 10.1. The summed E-state index contributed by atoms with van der Waals surface area (Å²) in [5.41, 5.74) is 0.894. The van der Waals surface area contributed by atoms with Crippen LogP contribution in [0.5, 0.6) is 0 Å². The number of likely N-dealkylation sites (tertiary alicyclic amines) is 1. The minimum atomic E-state index is -4.10. The first-order chi connectivity index (χ1) is 11.7. The summed E-state index contributed by atoms with van der Waals surface area (Å²) in [5, 5.41) is 11.2. The molecule has 1 saturated heterocycles. The van der Waals surface area contributed by atoms with Gasteiger partial charge in [-0.25, -0.2) is 0 Å². The molecule has 2 atom stereocenters. The second-order valence-corrected chi connectivity index (χ2v) is 8.83. The van der Waals surface area contributed by atoms with Crippen LogP contribution in [0.3, 0.4) is 0 Å². The fourth-order valence-electron chi connectivity index (χ4n) is 3.85. The number of hydrogen-bond acceptors (Lipinski definition) is 4. The lowest BCUT2D eigenvalue weighted by Gasteiger charge is -2.31. The molecule has 2 aromatic carbocycles. The molecule has 2 aromatic rings. The molecule has 0 saturated carbocycles. The van der Waals surface area contributed by atoms with E-state index in [0.717, 1.165) is 11.1 Å². The molecule has 1 N–H and O–H groups in total. The van der Waals surface area contributed by atoms with Crippen molar-refractivity contribution in [1.82, 2.24) is 0 Å². The molecule has 6 nitrogen and oxygen atoms in total. The van der Waals surface area contributed by atoms with Crippen molar-refractivity contribution in [2.75, 3.05) is 25.5 Å². The van der Waals surface area contributed by atoms with Crippen LogP contribution in [0.4, 0.5) is 10.5 Å². The maximum atomic E-state index is 13.5. The molecular weight excluding hydrogens is 340 g/mol. The average molecular weight is 363 g/mol. The topological polar surface area (TPSA) is 74.7 Å². The number of carboxylic acid groups (broad SMARTS) is 1. The highest BCUT2D eigenvalue weighted by molar-refractivity contribution is 7.86. The van der Waals surface area contributed by atoms with Gasteiger partial charge in [0.2, 0.25) is 0 Å². The quantitative estimate of drug-likeness (QED) is 0.847. The number of benzene rings is 2. The normalized spacial score (nSPS) is 23.7. The maximum absolute atomic E-state index is 13.5. The van der Waals surface area contributed by atoms with E-state index < -0.39 is 26.0 Å². The van der Waals surface area contributed by atoms with Crippen LogP contribution in [0, 0.1) is 0 Å². The van der Waals surface area contributed by atoms with Gasteiger partial charge in [0.15, 0.2) is 0 Å². The van der Waals surface area contributed by atoms with Crippen LogP contribution in [-0.2, 0) is 10.0 Å². The highest BCUT2D eigenvalue weighted by atomic mass is 32.2. The van der Waals surface area contributed by atoms with Gasteiger partial charge in [0, 0.05) is 43.4 Å². The third-order valence-electron chi connectivity index (χ3n) is 5.20. The molecule has 0 spiro atoms. The van der Waals surface area contributed by atoms with Gasteiger partial charge < -0.3 is 10.0 Å². The van der Waals surface area contributed by atoms with E-state index >= 15 is 0 Å². The van der Waals surface area contributed by atoms with Crippen molar-refractivity contribution in [3.05, 3.63) is 36.4 Å². The van der Waals surface area contributed by atoms with E-state index in [2.05, 4.69) is 0 Å². The Bertz CT molecular complexity index is 939. The van der Waals surface area contributed by atoms with Crippen LogP contribution in [0.1, 0.15) is 19.8 Å². The van der Waals surface area contributed by atoms with Gasteiger partial charge in [0.1, 0.15) is 17.5 Å². The molecule has 1 aliphatic heterocycles. The van der Waals surface area contributed by atoms with Crippen LogP contribution < -0.4 is 4.90 Å². The lowest BCUT2D eigenvalue weighted by Crippen LogP contribution is -2.58. The summed E-state index contributed by atoms with van der Waals surface area (Å²) in [6.45, 7) is 1.80. The average Bonchev–Trinajstić information content (AvgIpc) is 2.96. The molecule has 7 heteroatoms. The number of fused-ring (bicyclic) bond motifs is 1. The Kier molecular flexibility index (Phi) is 4.25. The van der Waals surface area contributed by atoms with Crippen LogP contribution in [0.2, 0.25) is 0 Å². The number of hydrogen-bond donors (Lipinski definition) is 1.